The SMILES string of the molecule is CCNC(=O)[C@@]1(Cc2ccc(-c3cccs3)cc2)CCN(C(=O)c2cnccn2)C1. The molecule has 1 aliphatic heterocycles. The molecule has 2 amide bonds. The molecule has 1 atom stereocenters. The van der Waals surface area contributed by atoms with Crippen LogP contribution in [-0.4, -0.2) is 46.3 Å². The molecule has 3 heterocycles. The molecule has 7 heteroatoms. The predicted molar refractivity (Wildman–Crippen MR) is 117 cm³/mol. The first-order valence-corrected chi connectivity index (χ1v) is 11.0. The van der Waals surface area contributed by atoms with Gasteiger partial charge in [-0.3, -0.25) is 14.6 Å². The third-order valence-electron chi connectivity index (χ3n) is 5.54. The molecule has 4 rings (SSSR count). The summed E-state index contributed by atoms with van der Waals surface area (Å²) in [6.07, 6.45) is 5.73. The number of hydrogen-bond acceptors (Lipinski definition) is 5. The standard InChI is InChI=1S/C23H24N4O2S/c1-2-25-22(29)23(9-12-27(16-23)21(28)19-15-24-10-11-26-19)14-17-5-7-18(8-6-17)20-4-3-13-30-20/h3-8,10-11,13,15H,2,9,12,14,16H2,1H3,(H,25,29)/t23-/m1/s1. The average molecular weight is 421 g/mol. The topological polar surface area (TPSA) is 75.2 Å². The summed E-state index contributed by atoms with van der Waals surface area (Å²) in [6.45, 7) is 3.38. The highest BCUT2D eigenvalue weighted by Crippen LogP contribution is 2.36. The lowest BCUT2D eigenvalue weighted by Gasteiger charge is -2.28. The quantitative estimate of drug-likeness (QED) is 0.663. The summed E-state index contributed by atoms with van der Waals surface area (Å²) < 4.78 is 0. The van der Waals surface area contributed by atoms with Crippen LogP contribution in [0.15, 0.2) is 60.4 Å². The van der Waals surface area contributed by atoms with Crippen molar-refractivity contribution in [3.63, 3.8) is 0 Å². The molecule has 1 N–H and O–H groups in total. The summed E-state index contributed by atoms with van der Waals surface area (Å²) in [5, 5.41) is 5.04. The van der Waals surface area contributed by atoms with E-state index in [-0.39, 0.29) is 11.8 Å². The Morgan fingerprint density at radius 1 is 1.20 bits per heavy atom. The third-order valence-corrected chi connectivity index (χ3v) is 6.46. The van der Waals surface area contributed by atoms with Gasteiger partial charge in [-0.1, -0.05) is 30.3 Å². The second-order valence-electron chi connectivity index (χ2n) is 7.56. The Labute approximate surface area is 180 Å². The van der Waals surface area contributed by atoms with Crippen LogP contribution >= 0.6 is 11.3 Å². The number of amides is 2. The zero-order chi connectivity index (χ0) is 21.0. The van der Waals surface area contributed by atoms with Gasteiger partial charge in [0.1, 0.15) is 5.69 Å². The summed E-state index contributed by atoms with van der Waals surface area (Å²) in [4.78, 5) is 36.9. The molecule has 6 nitrogen and oxygen atoms in total. The molecule has 3 aromatic rings. The third kappa shape index (κ3) is 4.11. The summed E-state index contributed by atoms with van der Waals surface area (Å²) in [5.74, 6) is -0.177. The second-order valence-corrected chi connectivity index (χ2v) is 8.51. The van der Waals surface area contributed by atoms with E-state index in [4.69, 9.17) is 0 Å². The Bertz CT molecular complexity index is 1010. The fraction of sp³-hybridized carbons (Fsp3) is 0.304. The minimum atomic E-state index is -0.641. The number of likely N-dealkylation sites (tertiary alicyclic amines) is 1. The van der Waals surface area contributed by atoms with Crippen molar-refractivity contribution in [3.8, 4) is 10.4 Å². The average Bonchev–Trinajstić information content (AvgIpc) is 3.46. The van der Waals surface area contributed by atoms with E-state index in [1.54, 1.807) is 22.4 Å². The van der Waals surface area contributed by atoms with Gasteiger partial charge in [-0.05, 0) is 42.3 Å². The molecule has 1 fully saturated rings. The maximum atomic E-state index is 13.1. The van der Waals surface area contributed by atoms with Crippen LogP contribution in [0.25, 0.3) is 10.4 Å². The highest BCUT2D eigenvalue weighted by atomic mass is 32.1. The van der Waals surface area contributed by atoms with Crippen LogP contribution in [0.4, 0.5) is 0 Å². The Morgan fingerprint density at radius 2 is 2.03 bits per heavy atom. The number of carbonyl (C=O) groups excluding carboxylic acids is 2. The maximum absolute atomic E-state index is 13.1. The van der Waals surface area contributed by atoms with Crippen molar-refractivity contribution in [3.05, 3.63) is 71.6 Å². The summed E-state index contributed by atoms with van der Waals surface area (Å²) in [5.41, 5.74) is 1.93. The molecule has 0 saturated carbocycles. The Kier molecular flexibility index (Phi) is 5.90. The summed E-state index contributed by atoms with van der Waals surface area (Å²) in [6, 6.07) is 12.5. The van der Waals surface area contributed by atoms with E-state index in [0.717, 1.165) is 5.56 Å². The molecule has 0 spiro atoms. The number of aromatic nitrogens is 2. The van der Waals surface area contributed by atoms with Gasteiger partial charge in [-0.2, -0.15) is 0 Å². The number of nitrogens with one attached hydrogen (secondary N) is 1. The van der Waals surface area contributed by atoms with Crippen molar-refractivity contribution in [2.24, 2.45) is 5.41 Å². The van der Waals surface area contributed by atoms with Gasteiger partial charge in [0.2, 0.25) is 5.91 Å². The van der Waals surface area contributed by atoms with Crippen molar-refractivity contribution >= 4 is 23.2 Å². The van der Waals surface area contributed by atoms with Gasteiger partial charge in [0.25, 0.3) is 5.91 Å². The molecule has 30 heavy (non-hydrogen) atoms. The number of rotatable bonds is 6. The van der Waals surface area contributed by atoms with Gasteiger partial charge in [0.05, 0.1) is 11.6 Å². The molecular formula is C23H24N4O2S. The first-order valence-electron chi connectivity index (χ1n) is 10.1. The van der Waals surface area contributed by atoms with Gasteiger partial charge in [-0.25, -0.2) is 4.98 Å². The molecule has 1 aliphatic rings. The highest BCUT2D eigenvalue weighted by Gasteiger charge is 2.46. The van der Waals surface area contributed by atoms with Gasteiger partial charge < -0.3 is 10.2 Å². The van der Waals surface area contributed by atoms with Crippen molar-refractivity contribution < 1.29 is 9.59 Å². The fourth-order valence-electron chi connectivity index (χ4n) is 4.00. The second kappa shape index (κ2) is 8.75. The highest BCUT2D eigenvalue weighted by molar-refractivity contribution is 7.13. The van der Waals surface area contributed by atoms with Crippen LogP contribution in [0.3, 0.4) is 0 Å². The zero-order valence-electron chi connectivity index (χ0n) is 16.9. The van der Waals surface area contributed by atoms with E-state index in [1.165, 1.54) is 22.8 Å². The first kappa shape index (κ1) is 20.2. The van der Waals surface area contributed by atoms with Crippen LogP contribution < -0.4 is 5.32 Å². The molecule has 154 valence electrons. The van der Waals surface area contributed by atoms with E-state index in [9.17, 15) is 9.59 Å². The van der Waals surface area contributed by atoms with Crippen LogP contribution in [0.2, 0.25) is 0 Å². The van der Waals surface area contributed by atoms with Crippen molar-refractivity contribution in [2.45, 2.75) is 19.8 Å². The number of carbonyl (C=O) groups is 2. The van der Waals surface area contributed by atoms with Gasteiger partial charge in [0.15, 0.2) is 0 Å². The zero-order valence-corrected chi connectivity index (χ0v) is 17.7. The minimum Gasteiger partial charge on any atom is -0.356 e. The van der Waals surface area contributed by atoms with E-state index < -0.39 is 5.41 Å². The lowest BCUT2D eigenvalue weighted by molar-refractivity contribution is -0.130. The molecule has 0 bridgehead atoms. The summed E-state index contributed by atoms with van der Waals surface area (Å²) in [7, 11) is 0. The number of benzene rings is 1. The lowest BCUT2D eigenvalue weighted by Crippen LogP contribution is -2.45. The van der Waals surface area contributed by atoms with Crippen LogP contribution in [0.5, 0.6) is 0 Å². The monoisotopic (exact) mass is 420 g/mol. The molecule has 0 aliphatic carbocycles. The Balaban J connectivity index is 1.55. The number of hydrogen-bond donors (Lipinski definition) is 1. The van der Waals surface area contributed by atoms with Gasteiger partial charge >= 0.3 is 0 Å². The molecule has 1 saturated heterocycles. The largest absolute Gasteiger partial charge is 0.356 e. The maximum Gasteiger partial charge on any atom is 0.274 e. The first-order chi connectivity index (χ1) is 14.6. The Morgan fingerprint density at radius 3 is 2.70 bits per heavy atom. The molecule has 0 radical (unpaired) electrons. The molecule has 0 unspecified atom stereocenters. The number of thiophene rings is 1. The van der Waals surface area contributed by atoms with E-state index in [1.807, 2.05) is 13.0 Å². The smallest absolute Gasteiger partial charge is 0.274 e. The van der Waals surface area contributed by atoms with Crippen LogP contribution in [0, 0.1) is 5.41 Å². The molecule has 1 aromatic carbocycles. The lowest BCUT2D eigenvalue weighted by atomic mass is 9.79. The van der Waals surface area contributed by atoms with Gasteiger partial charge in [-0.15, -0.1) is 11.3 Å². The van der Waals surface area contributed by atoms with E-state index >= 15 is 0 Å². The van der Waals surface area contributed by atoms with E-state index in [2.05, 4.69) is 51.0 Å². The van der Waals surface area contributed by atoms with Crippen LogP contribution in [0.1, 0.15) is 29.4 Å². The summed E-state index contributed by atoms with van der Waals surface area (Å²) >= 11 is 1.71. The van der Waals surface area contributed by atoms with Crippen molar-refractivity contribution in [1.82, 2.24) is 20.2 Å². The molecule has 2 aromatic heterocycles. The van der Waals surface area contributed by atoms with Crippen molar-refractivity contribution in [2.75, 3.05) is 19.6 Å². The fourth-order valence-corrected chi connectivity index (χ4v) is 4.73. The van der Waals surface area contributed by atoms with Crippen LogP contribution in [-0.2, 0) is 11.2 Å². The van der Waals surface area contributed by atoms with Crippen molar-refractivity contribution in [1.29, 1.82) is 0 Å². The number of nitrogens with zero attached hydrogens (tertiary/aromatic N) is 3. The van der Waals surface area contributed by atoms with Gasteiger partial charge in [0, 0.05) is 36.9 Å². The van der Waals surface area contributed by atoms with E-state index in [0.29, 0.717) is 38.2 Å². The molecular weight excluding hydrogens is 396 g/mol. The normalized spacial score (nSPS) is 18.4. The Hall–Kier alpha value is -3.06. The predicted octanol–water partition coefficient (Wildman–Crippen LogP) is 3.42. The minimum absolute atomic E-state index is 0.00165.